The van der Waals surface area contributed by atoms with E-state index in [-0.39, 0.29) is 18.4 Å². The van der Waals surface area contributed by atoms with E-state index < -0.39 is 6.10 Å². The third kappa shape index (κ3) is 12.7. The van der Waals surface area contributed by atoms with Gasteiger partial charge in [-0.2, -0.15) is 0 Å². The van der Waals surface area contributed by atoms with Gasteiger partial charge in [0.2, 0.25) is 0 Å². The average molecular weight is 384 g/mol. The summed E-state index contributed by atoms with van der Waals surface area (Å²) in [6, 6.07) is 10.0. The Labute approximate surface area is 168 Å². The van der Waals surface area contributed by atoms with Gasteiger partial charge < -0.3 is 10.4 Å². The minimum Gasteiger partial charge on any atom is -0.387 e. The van der Waals surface area contributed by atoms with Gasteiger partial charge in [0.25, 0.3) is 0 Å². The Bertz CT molecular complexity index is 398. The van der Waals surface area contributed by atoms with Crippen molar-refractivity contribution in [3.8, 4) is 0 Å². The van der Waals surface area contributed by atoms with Gasteiger partial charge in [-0.05, 0) is 25.5 Å². The molecule has 26 heavy (non-hydrogen) atoms. The second-order valence-electron chi connectivity index (χ2n) is 7.49. The lowest BCUT2D eigenvalue weighted by Gasteiger charge is -2.20. The molecule has 152 valence electrons. The summed E-state index contributed by atoms with van der Waals surface area (Å²) in [5.74, 6) is 0. The predicted octanol–water partition coefficient (Wildman–Crippen LogP) is 6.82. The van der Waals surface area contributed by atoms with E-state index in [4.69, 9.17) is 0 Å². The second-order valence-corrected chi connectivity index (χ2v) is 7.49. The van der Waals surface area contributed by atoms with Crippen molar-refractivity contribution >= 4 is 12.4 Å². The van der Waals surface area contributed by atoms with Crippen LogP contribution >= 0.6 is 12.4 Å². The van der Waals surface area contributed by atoms with Gasteiger partial charge in [-0.1, -0.05) is 108 Å². The quantitative estimate of drug-likeness (QED) is 0.307. The van der Waals surface area contributed by atoms with Crippen LogP contribution in [0.15, 0.2) is 30.3 Å². The molecular weight excluding hydrogens is 342 g/mol. The molecule has 2 N–H and O–H groups in total. The van der Waals surface area contributed by atoms with Gasteiger partial charge in [0.1, 0.15) is 0 Å². The first-order chi connectivity index (χ1) is 12.3. The van der Waals surface area contributed by atoms with E-state index in [9.17, 15) is 5.11 Å². The number of aliphatic hydroxyl groups excluding tert-OH is 1. The third-order valence-electron chi connectivity index (χ3n) is 5.11. The molecule has 0 saturated heterocycles. The Morgan fingerprint density at radius 2 is 1.23 bits per heavy atom. The van der Waals surface area contributed by atoms with Gasteiger partial charge in [0, 0.05) is 6.04 Å². The fourth-order valence-corrected chi connectivity index (χ4v) is 3.35. The monoisotopic (exact) mass is 383 g/mol. The Morgan fingerprint density at radius 1 is 0.769 bits per heavy atom. The van der Waals surface area contributed by atoms with Crippen molar-refractivity contribution in [2.24, 2.45) is 0 Å². The molecule has 0 bridgehead atoms. The third-order valence-corrected chi connectivity index (χ3v) is 5.11. The molecule has 3 heteroatoms. The maximum absolute atomic E-state index is 10.3. The zero-order valence-electron chi connectivity index (χ0n) is 17.1. The molecule has 1 rings (SSSR count). The zero-order chi connectivity index (χ0) is 18.2. The van der Waals surface area contributed by atoms with Crippen molar-refractivity contribution in [3.63, 3.8) is 0 Å². The van der Waals surface area contributed by atoms with E-state index >= 15 is 0 Å². The molecule has 0 amide bonds. The standard InChI is InChI=1S/C23H41NO.ClH/c1-3-4-5-6-7-8-9-10-11-12-13-17-20-24-21(2)23(25)22-18-15-14-16-19-22;/h14-16,18-19,21,23-25H,3-13,17,20H2,1-2H3;1H. The summed E-state index contributed by atoms with van der Waals surface area (Å²) < 4.78 is 0. The smallest absolute Gasteiger partial charge is 0.0940 e. The van der Waals surface area contributed by atoms with Gasteiger partial charge >= 0.3 is 0 Å². The van der Waals surface area contributed by atoms with E-state index in [1.165, 1.54) is 77.0 Å². The average Bonchev–Trinajstić information content (AvgIpc) is 2.65. The number of nitrogens with one attached hydrogen (secondary N) is 1. The van der Waals surface area contributed by atoms with Crippen LogP contribution in [0.25, 0.3) is 0 Å². The van der Waals surface area contributed by atoms with Gasteiger partial charge in [0.05, 0.1) is 6.10 Å². The molecule has 0 radical (unpaired) electrons. The van der Waals surface area contributed by atoms with Crippen molar-refractivity contribution in [3.05, 3.63) is 35.9 Å². The molecule has 1 aromatic rings. The van der Waals surface area contributed by atoms with E-state index in [2.05, 4.69) is 19.2 Å². The number of halogens is 1. The Balaban J connectivity index is 0.00000625. The van der Waals surface area contributed by atoms with Crippen molar-refractivity contribution in [2.75, 3.05) is 6.54 Å². The predicted molar refractivity (Wildman–Crippen MR) is 117 cm³/mol. The molecule has 1 aromatic carbocycles. The molecule has 0 aromatic heterocycles. The summed E-state index contributed by atoms with van der Waals surface area (Å²) >= 11 is 0. The van der Waals surface area contributed by atoms with E-state index in [0.29, 0.717) is 0 Å². The summed E-state index contributed by atoms with van der Waals surface area (Å²) in [7, 11) is 0. The molecule has 0 spiro atoms. The minimum absolute atomic E-state index is 0. The molecule has 2 unspecified atom stereocenters. The number of hydrogen-bond donors (Lipinski definition) is 2. The SMILES string of the molecule is CCCCCCCCCCCCCCNC(C)C(O)c1ccccc1.Cl. The van der Waals surface area contributed by atoms with Gasteiger partial charge in [0.15, 0.2) is 0 Å². The molecular formula is C23H42ClNO. The Morgan fingerprint density at radius 3 is 1.73 bits per heavy atom. The van der Waals surface area contributed by atoms with Gasteiger partial charge in [-0.25, -0.2) is 0 Å². The Hall–Kier alpha value is -0.570. The topological polar surface area (TPSA) is 32.3 Å². The molecule has 0 aliphatic carbocycles. The van der Waals surface area contributed by atoms with Crippen molar-refractivity contribution < 1.29 is 5.11 Å². The molecule has 2 atom stereocenters. The van der Waals surface area contributed by atoms with Crippen molar-refractivity contribution in [1.29, 1.82) is 0 Å². The molecule has 0 saturated carbocycles. The van der Waals surface area contributed by atoms with E-state index in [1.807, 2.05) is 30.3 Å². The van der Waals surface area contributed by atoms with E-state index in [0.717, 1.165) is 12.1 Å². The molecule has 0 heterocycles. The lowest BCUT2D eigenvalue weighted by atomic mass is 10.0. The first kappa shape index (κ1) is 25.4. The van der Waals surface area contributed by atoms with Crippen LogP contribution in [0, 0.1) is 0 Å². The lowest BCUT2D eigenvalue weighted by Crippen LogP contribution is -2.32. The fourth-order valence-electron chi connectivity index (χ4n) is 3.35. The summed E-state index contributed by atoms with van der Waals surface area (Å²) in [6.45, 7) is 5.35. The Kier molecular flexibility index (Phi) is 17.4. The van der Waals surface area contributed by atoms with Crippen LogP contribution in [0.3, 0.4) is 0 Å². The van der Waals surface area contributed by atoms with Crippen molar-refractivity contribution in [1.82, 2.24) is 5.32 Å². The maximum Gasteiger partial charge on any atom is 0.0940 e. The maximum atomic E-state index is 10.3. The number of aliphatic hydroxyl groups is 1. The van der Waals surface area contributed by atoms with E-state index in [1.54, 1.807) is 0 Å². The normalized spacial score (nSPS) is 13.2. The van der Waals surface area contributed by atoms with Crippen LogP contribution in [0.5, 0.6) is 0 Å². The van der Waals surface area contributed by atoms with Crippen LogP contribution in [-0.2, 0) is 0 Å². The van der Waals surface area contributed by atoms with Crippen LogP contribution in [-0.4, -0.2) is 17.7 Å². The summed E-state index contributed by atoms with van der Waals surface area (Å²) in [6.07, 6.45) is 16.2. The molecule has 0 fully saturated rings. The number of unbranched alkanes of at least 4 members (excludes halogenated alkanes) is 11. The number of hydrogen-bond acceptors (Lipinski definition) is 2. The number of rotatable bonds is 16. The highest BCUT2D eigenvalue weighted by atomic mass is 35.5. The highest BCUT2D eigenvalue weighted by Gasteiger charge is 2.14. The van der Waals surface area contributed by atoms with Gasteiger partial charge in [-0.3, -0.25) is 0 Å². The summed E-state index contributed by atoms with van der Waals surface area (Å²) in [5, 5.41) is 13.8. The van der Waals surface area contributed by atoms with Gasteiger partial charge in [-0.15, -0.1) is 12.4 Å². The van der Waals surface area contributed by atoms with Crippen LogP contribution in [0.2, 0.25) is 0 Å². The second kappa shape index (κ2) is 17.8. The zero-order valence-corrected chi connectivity index (χ0v) is 17.9. The minimum atomic E-state index is -0.418. The first-order valence-corrected chi connectivity index (χ1v) is 10.7. The lowest BCUT2D eigenvalue weighted by molar-refractivity contribution is 0.136. The summed E-state index contributed by atoms with van der Waals surface area (Å²) in [5.41, 5.74) is 0.997. The molecule has 0 aliphatic heterocycles. The van der Waals surface area contributed by atoms with Crippen molar-refractivity contribution in [2.45, 2.75) is 103 Å². The molecule has 0 aliphatic rings. The highest BCUT2D eigenvalue weighted by Crippen LogP contribution is 2.16. The number of benzene rings is 1. The van der Waals surface area contributed by atoms with Crippen LogP contribution in [0.4, 0.5) is 0 Å². The fraction of sp³-hybridized carbons (Fsp3) is 0.739. The first-order valence-electron chi connectivity index (χ1n) is 10.7. The molecule has 2 nitrogen and oxygen atoms in total. The largest absolute Gasteiger partial charge is 0.387 e. The summed E-state index contributed by atoms with van der Waals surface area (Å²) in [4.78, 5) is 0. The van der Waals surface area contributed by atoms with Crippen LogP contribution < -0.4 is 5.32 Å². The van der Waals surface area contributed by atoms with Crippen LogP contribution in [0.1, 0.15) is 103 Å². The highest BCUT2D eigenvalue weighted by molar-refractivity contribution is 5.85.